The highest BCUT2D eigenvalue weighted by molar-refractivity contribution is 6.31. The van der Waals surface area contributed by atoms with Crippen LogP contribution >= 0.6 is 23.2 Å². The second kappa shape index (κ2) is 16.3. The zero-order chi connectivity index (χ0) is 33.9. The summed E-state index contributed by atoms with van der Waals surface area (Å²) in [5.41, 5.74) is 4.29. The van der Waals surface area contributed by atoms with Crippen LogP contribution in [0.1, 0.15) is 38.8 Å². The maximum absolute atomic E-state index is 12.9. The molecular formula is C37H28Cl2N2O7. The average Bonchev–Trinajstić information content (AvgIpc) is 3.09. The lowest BCUT2D eigenvalue weighted by Gasteiger charge is -2.14. The monoisotopic (exact) mass is 682 g/mol. The normalized spacial score (nSPS) is 11.4. The Hall–Kier alpha value is -5.64. The molecule has 5 aromatic carbocycles. The summed E-state index contributed by atoms with van der Waals surface area (Å²) in [6.07, 6.45) is 0.397. The summed E-state index contributed by atoms with van der Waals surface area (Å²) < 4.78 is 22.6. The van der Waals surface area contributed by atoms with Crippen LogP contribution in [-0.2, 0) is 11.4 Å². The van der Waals surface area contributed by atoms with E-state index in [1.807, 2.05) is 30.3 Å². The quantitative estimate of drug-likeness (QED) is 0.0615. The molecule has 0 aliphatic rings. The molecule has 242 valence electrons. The number of carbonyl (C=O) groups is 3. The van der Waals surface area contributed by atoms with Crippen molar-refractivity contribution in [1.29, 1.82) is 0 Å². The predicted molar refractivity (Wildman–Crippen MR) is 182 cm³/mol. The summed E-state index contributed by atoms with van der Waals surface area (Å²) in [7, 11) is 0. The predicted octanol–water partition coefficient (Wildman–Crippen LogP) is 7.93. The summed E-state index contributed by atoms with van der Waals surface area (Å²) in [5.74, 6) is -0.602. The van der Waals surface area contributed by atoms with Gasteiger partial charge in [-0.3, -0.25) is 4.79 Å². The van der Waals surface area contributed by atoms with Crippen molar-refractivity contribution in [2.24, 2.45) is 5.10 Å². The molecule has 0 unspecified atom stereocenters. The molecule has 0 radical (unpaired) electrons. The second-order valence-electron chi connectivity index (χ2n) is 10.2. The molecule has 5 aromatic rings. The number of hydrogen-bond acceptors (Lipinski definition) is 8. The number of amides is 1. The molecule has 0 aliphatic carbocycles. The Balaban J connectivity index is 1.22. The highest BCUT2D eigenvalue weighted by Crippen LogP contribution is 2.26. The van der Waals surface area contributed by atoms with E-state index in [1.54, 1.807) is 55.5 Å². The van der Waals surface area contributed by atoms with Crippen molar-refractivity contribution in [3.8, 4) is 23.0 Å². The lowest BCUT2D eigenvalue weighted by Crippen LogP contribution is -2.33. The minimum atomic E-state index is -0.893. The van der Waals surface area contributed by atoms with Crippen LogP contribution in [0.5, 0.6) is 23.0 Å². The number of nitrogens with one attached hydrogen (secondary N) is 1. The van der Waals surface area contributed by atoms with Gasteiger partial charge in [0.05, 0.1) is 17.3 Å². The first-order valence-corrected chi connectivity index (χ1v) is 15.3. The van der Waals surface area contributed by atoms with Gasteiger partial charge in [0.25, 0.3) is 5.91 Å². The molecule has 0 saturated carbocycles. The van der Waals surface area contributed by atoms with Crippen LogP contribution in [0.4, 0.5) is 0 Å². The maximum atomic E-state index is 12.9. The van der Waals surface area contributed by atoms with Gasteiger partial charge in [-0.05, 0) is 97.4 Å². The Kier molecular flexibility index (Phi) is 11.4. The number of hydrazone groups is 1. The smallest absolute Gasteiger partial charge is 0.343 e. The molecule has 1 N–H and O–H groups in total. The fraction of sp³-hybridized carbons (Fsp3) is 0.0811. The minimum absolute atomic E-state index is 0.0215. The number of carbonyl (C=O) groups excluding carboxylic acids is 3. The van der Waals surface area contributed by atoms with Crippen molar-refractivity contribution in [1.82, 2.24) is 5.43 Å². The average molecular weight is 684 g/mol. The first-order valence-electron chi connectivity index (χ1n) is 14.6. The summed E-state index contributed by atoms with van der Waals surface area (Å²) in [4.78, 5) is 38.3. The second-order valence-corrected chi connectivity index (χ2v) is 11.1. The van der Waals surface area contributed by atoms with E-state index in [0.29, 0.717) is 33.7 Å². The van der Waals surface area contributed by atoms with Crippen LogP contribution < -0.4 is 24.4 Å². The van der Waals surface area contributed by atoms with Gasteiger partial charge in [-0.2, -0.15) is 5.10 Å². The van der Waals surface area contributed by atoms with Crippen LogP contribution in [0.2, 0.25) is 10.0 Å². The molecule has 5 rings (SSSR count). The molecule has 0 heterocycles. The van der Waals surface area contributed by atoms with Gasteiger partial charge in [0.1, 0.15) is 29.6 Å². The third kappa shape index (κ3) is 9.68. The number of benzene rings is 5. The van der Waals surface area contributed by atoms with Crippen LogP contribution in [0.3, 0.4) is 0 Å². The van der Waals surface area contributed by atoms with Crippen molar-refractivity contribution in [3.05, 3.63) is 154 Å². The van der Waals surface area contributed by atoms with E-state index in [1.165, 1.54) is 48.7 Å². The van der Waals surface area contributed by atoms with Crippen molar-refractivity contribution < 1.29 is 33.3 Å². The molecule has 1 amide bonds. The Morgan fingerprint density at radius 2 is 1.27 bits per heavy atom. The Morgan fingerprint density at radius 3 is 1.90 bits per heavy atom. The number of ether oxygens (including phenoxy) is 4. The van der Waals surface area contributed by atoms with Gasteiger partial charge < -0.3 is 18.9 Å². The summed E-state index contributed by atoms with van der Waals surface area (Å²) >= 11 is 11.9. The van der Waals surface area contributed by atoms with Gasteiger partial charge in [0.2, 0.25) is 0 Å². The number of halogens is 2. The Bertz CT molecular complexity index is 1900. The zero-order valence-electron chi connectivity index (χ0n) is 25.5. The molecule has 0 aromatic heterocycles. The Labute approximate surface area is 286 Å². The third-order valence-corrected chi connectivity index (χ3v) is 7.19. The molecule has 0 saturated heterocycles. The fourth-order valence-electron chi connectivity index (χ4n) is 4.14. The third-order valence-electron chi connectivity index (χ3n) is 6.69. The van der Waals surface area contributed by atoms with Crippen LogP contribution in [0, 0.1) is 0 Å². The van der Waals surface area contributed by atoms with E-state index >= 15 is 0 Å². The highest BCUT2D eigenvalue weighted by atomic mass is 35.5. The van der Waals surface area contributed by atoms with Crippen molar-refractivity contribution in [2.75, 3.05) is 0 Å². The fourth-order valence-corrected chi connectivity index (χ4v) is 4.39. The van der Waals surface area contributed by atoms with Gasteiger partial charge in [-0.1, -0.05) is 53.5 Å². The van der Waals surface area contributed by atoms with E-state index < -0.39 is 23.9 Å². The minimum Gasteiger partial charge on any atom is -0.489 e. The Morgan fingerprint density at radius 1 is 0.708 bits per heavy atom. The number of rotatable bonds is 12. The first kappa shape index (κ1) is 33.7. The van der Waals surface area contributed by atoms with Gasteiger partial charge in [-0.25, -0.2) is 15.0 Å². The maximum Gasteiger partial charge on any atom is 0.343 e. The van der Waals surface area contributed by atoms with Crippen LogP contribution in [0.25, 0.3) is 0 Å². The number of esters is 2. The van der Waals surface area contributed by atoms with Gasteiger partial charge >= 0.3 is 11.9 Å². The van der Waals surface area contributed by atoms with Gasteiger partial charge in [-0.15, -0.1) is 0 Å². The standard InChI is InChI=1S/C37H28Cl2N2O7/c1-24(46-32-19-17-31(18-20-32)45-23-25-5-3-2-4-6-25)35(42)41-40-22-28-11-16-33(47-36(43)26-7-12-29(38)13-8-26)21-34(28)48-37(44)27-9-14-30(39)15-10-27/h2-22,24H,23H2,1H3,(H,41,42)/b40-22-/t24-/m1/s1. The molecule has 0 spiro atoms. The molecule has 0 aliphatic heterocycles. The lowest BCUT2D eigenvalue weighted by atomic mass is 10.2. The number of hydrogen-bond donors (Lipinski definition) is 1. The van der Waals surface area contributed by atoms with Gasteiger partial charge in [0, 0.05) is 21.7 Å². The van der Waals surface area contributed by atoms with Crippen molar-refractivity contribution in [3.63, 3.8) is 0 Å². The van der Waals surface area contributed by atoms with E-state index in [0.717, 1.165) is 5.56 Å². The number of nitrogens with zero attached hydrogens (tertiary/aromatic N) is 1. The van der Waals surface area contributed by atoms with Crippen molar-refractivity contribution >= 4 is 47.3 Å². The molecular weight excluding hydrogens is 655 g/mol. The van der Waals surface area contributed by atoms with E-state index in [-0.39, 0.29) is 22.6 Å². The summed E-state index contributed by atoms with van der Waals surface area (Å²) in [5, 5.41) is 4.94. The summed E-state index contributed by atoms with van der Waals surface area (Å²) in [6, 6.07) is 33.4. The van der Waals surface area contributed by atoms with Crippen LogP contribution in [0.15, 0.2) is 126 Å². The molecule has 0 fully saturated rings. The van der Waals surface area contributed by atoms with Crippen molar-refractivity contribution in [2.45, 2.75) is 19.6 Å². The van der Waals surface area contributed by atoms with Gasteiger partial charge in [0.15, 0.2) is 6.10 Å². The first-order chi connectivity index (χ1) is 23.2. The summed E-state index contributed by atoms with van der Waals surface area (Å²) in [6.45, 7) is 2.00. The molecule has 11 heteroatoms. The molecule has 1 atom stereocenters. The highest BCUT2D eigenvalue weighted by Gasteiger charge is 2.17. The molecule has 0 bridgehead atoms. The zero-order valence-corrected chi connectivity index (χ0v) is 27.0. The van der Waals surface area contributed by atoms with E-state index in [4.69, 9.17) is 42.1 Å². The SMILES string of the molecule is C[C@@H](Oc1ccc(OCc2ccccc2)cc1)C(=O)N/N=C\c1ccc(OC(=O)c2ccc(Cl)cc2)cc1OC(=O)c1ccc(Cl)cc1. The van der Waals surface area contributed by atoms with E-state index in [2.05, 4.69) is 10.5 Å². The van der Waals surface area contributed by atoms with Crippen LogP contribution in [-0.4, -0.2) is 30.2 Å². The largest absolute Gasteiger partial charge is 0.489 e. The lowest BCUT2D eigenvalue weighted by molar-refractivity contribution is -0.127. The molecule has 9 nitrogen and oxygen atoms in total. The molecule has 48 heavy (non-hydrogen) atoms. The van der Waals surface area contributed by atoms with E-state index in [9.17, 15) is 14.4 Å². The topological polar surface area (TPSA) is 113 Å².